The zero-order chi connectivity index (χ0) is 14.1. The fraction of sp³-hybridized carbons (Fsp3) is 0.500. The van der Waals surface area contributed by atoms with Gasteiger partial charge in [-0.2, -0.15) is 4.31 Å². The number of aliphatic hydroxyl groups is 1. The lowest BCUT2D eigenvalue weighted by atomic mass is 10.0. The summed E-state index contributed by atoms with van der Waals surface area (Å²) < 4.78 is 30.3. The SMILES string of the molecule is CC1(O)CN(S(=O)(=O)CCOc2ccc(N)cc2)C1. The summed E-state index contributed by atoms with van der Waals surface area (Å²) in [6.07, 6.45) is 0. The Balaban J connectivity index is 1.81. The monoisotopic (exact) mass is 286 g/mol. The first-order valence-electron chi connectivity index (χ1n) is 5.97. The van der Waals surface area contributed by atoms with Crippen LogP contribution in [0.15, 0.2) is 24.3 Å². The summed E-state index contributed by atoms with van der Waals surface area (Å²) in [5.41, 5.74) is 5.26. The first kappa shape index (κ1) is 14.1. The van der Waals surface area contributed by atoms with E-state index in [1.54, 1.807) is 31.2 Å². The van der Waals surface area contributed by atoms with E-state index in [9.17, 15) is 13.5 Å². The van der Waals surface area contributed by atoms with Crippen LogP contribution in [0.3, 0.4) is 0 Å². The topological polar surface area (TPSA) is 92.9 Å². The van der Waals surface area contributed by atoms with Crippen LogP contribution >= 0.6 is 0 Å². The van der Waals surface area contributed by atoms with Crippen molar-refractivity contribution in [1.82, 2.24) is 4.31 Å². The predicted octanol–water partition coefficient (Wildman–Crippen LogP) is 0.0440. The zero-order valence-corrected chi connectivity index (χ0v) is 11.6. The van der Waals surface area contributed by atoms with Gasteiger partial charge in [-0.15, -0.1) is 0 Å². The molecule has 0 amide bonds. The Labute approximate surface area is 112 Å². The van der Waals surface area contributed by atoms with Crippen LogP contribution in [0.5, 0.6) is 5.75 Å². The highest BCUT2D eigenvalue weighted by atomic mass is 32.2. The molecule has 1 saturated heterocycles. The van der Waals surface area contributed by atoms with Crippen LogP contribution in [-0.4, -0.2) is 48.9 Å². The Hall–Kier alpha value is -1.31. The fourth-order valence-corrected chi connectivity index (χ4v) is 3.37. The van der Waals surface area contributed by atoms with E-state index in [2.05, 4.69) is 0 Å². The molecule has 1 fully saturated rings. The van der Waals surface area contributed by atoms with E-state index in [4.69, 9.17) is 10.5 Å². The molecule has 0 unspecified atom stereocenters. The standard InChI is InChI=1S/C12H18N2O4S/c1-12(15)8-14(9-12)19(16,17)7-6-18-11-4-2-10(13)3-5-11/h2-5,15H,6-9,13H2,1H3. The van der Waals surface area contributed by atoms with Gasteiger partial charge in [0, 0.05) is 18.8 Å². The lowest BCUT2D eigenvalue weighted by Gasteiger charge is -2.42. The van der Waals surface area contributed by atoms with Crippen molar-refractivity contribution >= 4 is 15.7 Å². The van der Waals surface area contributed by atoms with Crippen LogP contribution in [0.25, 0.3) is 0 Å². The lowest BCUT2D eigenvalue weighted by Crippen LogP contribution is -2.62. The lowest BCUT2D eigenvalue weighted by molar-refractivity contribution is -0.0427. The minimum atomic E-state index is -3.35. The minimum absolute atomic E-state index is 0.0743. The third kappa shape index (κ3) is 3.59. The van der Waals surface area contributed by atoms with E-state index in [0.717, 1.165) is 0 Å². The highest BCUT2D eigenvalue weighted by Gasteiger charge is 2.42. The molecule has 0 atom stereocenters. The number of nitrogens with two attached hydrogens (primary N) is 1. The van der Waals surface area contributed by atoms with Gasteiger partial charge in [0.2, 0.25) is 10.0 Å². The van der Waals surface area contributed by atoms with Gasteiger partial charge in [-0.1, -0.05) is 0 Å². The molecule has 0 saturated carbocycles. The molecular formula is C12H18N2O4S. The maximum atomic E-state index is 11.9. The molecule has 1 aromatic carbocycles. The average Bonchev–Trinajstić information content (AvgIpc) is 2.28. The molecule has 0 bridgehead atoms. The largest absolute Gasteiger partial charge is 0.492 e. The van der Waals surface area contributed by atoms with Crippen molar-refractivity contribution < 1.29 is 18.3 Å². The van der Waals surface area contributed by atoms with Gasteiger partial charge in [0.25, 0.3) is 0 Å². The zero-order valence-electron chi connectivity index (χ0n) is 10.7. The van der Waals surface area contributed by atoms with Crippen LogP contribution < -0.4 is 10.5 Å². The smallest absolute Gasteiger partial charge is 0.217 e. The minimum Gasteiger partial charge on any atom is -0.492 e. The Kier molecular flexibility index (Phi) is 3.71. The molecule has 2 rings (SSSR count). The van der Waals surface area contributed by atoms with Gasteiger partial charge in [-0.05, 0) is 31.2 Å². The number of benzene rings is 1. The Morgan fingerprint density at radius 1 is 1.37 bits per heavy atom. The van der Waals surface area contributed by atoms with E-state index < -0.39 is 15.6 Å². The van der Waals surface area contributed by atoms with Crippen LogP contribution in [-0.2, 0) is 10.0 Å². The van der Waals surface area contributed by atoms with Gasteiger partial charge in [0.15, 0.2) is 0 Å². The molecule has 1 heterocycles. The molecule has 1 aliphatic heterocycles. The van der Waals surface area contributed by atoms with Crippen molar-refractivity contribution in [3.8, 4) is 5.75 Å². The molecule has 1 aliphatic rings. The second-order valence-corrected chi connectivity index (χ2v) is 7.09. The van der Waals surface area contributed by atoms with Gasteiger partial charge < -0.3 is 15.6 Å². The summed E-state index contributed by atoms with van der Waals surface area (Å²) in [5, 5.41) is 9.53. The van der Waals surface area contributed by atoms with E-state index >= 15 is 0 Å². The second-order valence-electron chi connectivity index (χ2n) is 5.00. The number of ether oxygens (including phenoxy) is 1. The maximum Gasteiger partial charge on any atom is 0.217 e. The number of rotatable bonds is 5. The molecule has 0 aliphatic carbocycles. The number of nitrogen functional groups attached to an aromatic ring is 1. The Morgan fingerprint density at radius 2 is 1.95 bits per heavy atom. The van der Waals surface area contributed by atoms with Crippen molar-refractivity contribution in [3.05, 3.63) is 24.3 Å². The van der Waals surface area contributed by atoms with E-state index in [1.807, 2.05) is 0 Å². The quantitative estimate of drug-likeness (QED) is 0.746. The fourth-order valence-electron chi connectivity index (χ4n) is 1.87. The summed E-state index contributed by atoms with van der Waals surface area (Å²) in [5.74, 6) is 0.480. The van der Waals surface area contributed by atoms with Crippen molar-refractivity contribution in [3.63, 3.8) is 0 Å². The number of hydrogen-bond acceptors (Lipinski definition) is 5. The van der Waals surface area contributed by atoms with E-state index in [0.29, 0.717) is 11.4 Å². The Morgan fingerprint density at radius 3 is 2.47 bits per heavy atom. The maximum absolute atomic E-state index is 11.9. The number of hydrogen-bond donors (Lipinski definition) is 2. The van der Waals surface area contributed by atoms with Gasteiger partial charge >= 0.3 is 0 Å². The van der Waals surface area contributed by atoms with Crippen molar-refractivity contribution in [2.75, 3.05) is 31.2 Å². The predicted molar refractivity (Wildman–Crippen MR) is 72.3 cm³/mol. The van der Waals surface area contributed by atoms with E-state index in [-0.39, 0.29) is 25.4 Å². The first-order valence-corrected chi connectivity index (χ1v) is 7.58. The molecule has 0 aromatic heterocycles. The molecule has 6 nitrogen and oxygen atoms in total. The third-order valence-electron chi connectivity index (χ3n) is 2.92. The highest BCUT2D eigenvalue weighted by molar-refractivity contribution is 7.89. The van der Waals surface area contributed by atoms with Crippen molar-refractivity contribution in [2.45, 2.75) is 12.5 Å². The molecule has 1 aromatic rings. The normalized spacial score (nSPS) is 18.8. The van der Waals surface area contributed by atoms with Crippen LogP contribution in [0.1, 0.15) is 6.92 Å². The first-order chi connectivity index (χ1) is 8.78. The highest BCUT2D eigenvalue weighted by Crippen LogP contribution is 2.23. The van der Waals surface area contributed by atoms with Crippen LogP contribution in [0.4, 0.5) is 5.69 Å². The van der Waals surface area contributed by atoms with Crippen LogP contribution in [0, 0.1) is 0 Å². The summed E-state index contributed by atoms with van der Waals surface area (Å²) in [6.45, 7) is 1.99. The number of anilines is 1. The second kappa shape index (κ2) is 4.99. The summed E-state index contributed by atoms with van der Waals surface area (Å²) in [6, 6.07) is 6.76. The van der Waals surface area contributed by atoms with Crippen molar-refractivity contribution in [1.29, 1.82) is 0 Å². The van der Waals surface area contributed by atoms with Gasteiger partial charge in [-0.25, -0.2) is 8.42 Å². The number of nitrogens with zero attached hydrogens (tertiary/aromatic N) is 1. The molecule has 0 spiro atoms. The van der Waals surface area contributed by atoms with E-state index in [1.165, 1.54) is 4.31 Å². The summed E-state index contributed by atoms with van der Waals surface area (Å²) in [4.78, 5) is 0. The van der Waals surface area contributed by atoms with Gasteiger partial charge in [0.1, 0.15) is 12.4 Å². The molecule has 19 heavy (non-hydrogen) atoms. The molecule has 0 radical (unpaired) electrons. The molecular weight excluding hydrogens is 268 g/mol. The Bertz CT molecular complexity index is 531. The van der Waals surface area contributed by atoms with Crippen LogP contribution in [0.2, 0.25) is 0 Å². The molecule has 7 heteroatoms. The molecule has 3 N–H and O–H groups in total. The van der Waals surface area contributed by atoms with Crippen molar-refractivity contribution in [2.24, 2.45) is 0 Å². The average molecular weight is 286 g/mol. The van der Waals surface area contributed by atoms with Gasteiger partial charge in [0.05, 0.1) is 11.4 Å². The summed E-state index contributed by atoms with van der Waals surface area (Å²) >= 11 is 0. The number of β-amino-alcohol motifs (C(OH)–C–C–N with tert-alkyl or cyclic N) is 1. The molecule has 106 valence electrons. The summed E-state index contributed by atoms with van der Waals surface area (Å²) in [7, 11) is -3.35. The third-order valence-corrected chi connectivity index (χ3v) is 4.65. The number of sulfonamides is 1. The van der Waals surface area contributed by atoms with Gasteiger partial charge in [-0.3, -0.25) is 0 Å².